The summed E-state index contributed by atoms with van der Waals surface area (Å²) in [4.78, 5) is 4.06. The van der Waals surface area contributed by atoms with Crippen molar-refractivity contribution in [2.24, 2.45) is 16.8 Å². The standard InChI is InChI=1S/C13H21N3O3/c1-10(2)8-18-6-7-19-9-11-4-3-5-15-12(11)13(14)16-17/h3-5,10,17H,6-9H2,1-2H3,(H2,14,16). The summed E-state index contributed by atoms with van der Waals surface area (Å²) in [5, 5.41) is 11.6. The first-order valence-electron chi connectivity index (χ1n) is 6.22. The van der Waals surface area contributed by atoms with E-state index in [9.17, 15) is 0 Å². The molecule has 0 aliphatic carbocycles. The van der Waals surface area contributed by atoms with Crippen LogP contribution in [0.3, 0.4) is 0 Å². The van der Waals surface area contributed by atoms with Crippen molar-refractivity contribution in [1.82, 2.24) is 4.98 Å². The zero-order valence-corrected chi connectivity index (χ0v) is 11.4. The summed E-state index contributed by atoms with van der Waals surface area (Å²) in [6.07, 6.45) is 1.59. The highest BCUT2D eigenvalue weighted by atomic mass is 16.5. The molecular weight excluding hydrogens is 246 g/mol. The van der Waals surface area contributed by atoms with Crippen LogP contribution in [-0.2, 0) is 16.1 Å². The second kappa shape index (κ2) is 8.44. The highest BCUT2D eigenvalue weighted by Crippen LogP contribution is 2.06. The first-order chi connectivity index (χ1) is 9.15. The quantitative estimate of drug-likeness (QED) is 0.244. The lowest BCUT2D eigenvalue weighted by atomic mass is 10.2. The van der Waals surface area contributed by atoms with Gasteiger partial charge in [-0.3, -0.25) is 4.98 Å². The summed E-state index contributed by atoms with van der Waals surface area (Å²) in [5.74, 6) is 0.501. The Morgan fingerprint density at radius 1 is 1.42 bits per heavy atom. The van der Waals surface area contributed by atoms with Crippen molar-refractivity contribution in [3.05, 3.63) is 29.6 Å². The molecule has 0 spiro atoms. The van der Waals surface area contributed by atoms with E-state index in [-0.39, 0.29) is 5.84 Å². The fourth-order valence-corrected chi connectivity index (χ4v) is 1.45. The van der Waals surface area contributed by atoms with Gasteiger partial charge in [0.15, 0.2) is 5.84 Å². The Bertz CT molecular complexity index is 408. The van der Waals surface area contributed by atoms with Gasteiger partial charge in [-0.05, 0) is 12.0 Å². The highest BCUT2D eigenvalue weighted by molar-refractivity contribution is 5.96. The molecule has 0 bridgehead atoms. The van der Waals surface area contributed by atoms with Gasteiger partial charge in [0.05, 0.1) is 19.8 Å². The van der Waals surface area contributed by atoms with Crippen molar-refractivity contribution in [3.63, 3.8) is 0 Å². The lowest BCUT2D eigenvalue weighted by molar-refractivity contribution is 0.0313. The summed E-state index contributed by atoms with van der Waals surface area (Å²) < 4.78 is 10.9. The van der Waals surface area contributed by atoms with E-state index in [1.807, 2.05) is 6.07 Å². The summed E-state index contributed by atoms with van der Waals surface area (Å²) in [6.45, 7) is 6.32. The summed E-state index contributed by atoms with van der Waals surface area (Å²) in [5.41, 5.74) is 6.75. The third-order valence-electron chi connectivity index (χ3n) is 2.32. The van der Waals surface area contributed by atoms with E-state index in [0.717, 1.165) is 12.2 Å². The molecule has 0 aliphatic rings. The number of oxime groups is 1. The van der Waals surface area contributed by atoms with E-state index in [1.165, 1.54) is 0 Å². The molecule has 0 aromatic carbocycles. The summed E-state index contributed by atoms with van der Waals surface area (Å²) in [6, 6.07) is 3.61. The van der Waals surface area contributed by atoms with Gasteiger partial charge in [0.1, 0.15) is 5.69 Å². The summed E-state index contributed by atoms with van der Waals surface area (Å²) in [7, 11) is 0. The van der Waals surface area contributed by atoms with Crippen LogP contribution in [-0.4, -0.2) is 35.8 Å². The second-order valence-corrected chi connectivity index (χ2v) is 4.52. The van der Waals surface area contributed by atoms with Crippen LogP contribution in [0.25, 0.3) is 0 Å². The molecule has 0 amide bonds. The van der Waals surface area contributed by atoms with E-state index < -0.39 is 0 Å². The topological polar surface area (TPSA) is 90.0 Å². The van der Waals surface area contributed by atoms with Crippen molar-refractivity contribution in [3.8, 4) is 0 Å². The largest absolute Gasteiger partial charge is 0.409 e. The molecule has 1 aromatic heterocycles. The zero-order valence-electron chi connectivity index (χ0n) is 11.4. The SMILES string of the molecule is CC(C)COCCOCc1cccnc1/C(N)=N/O. The molecule has 0 fully saturated rings. The van der Waals surface area contributed by atoms with Crippen LogP contribution < -0.4 is 5.73 Å². The Hall–Kier alpha value is -1.66. The zero-order chi connectivity index (χ0) is 14.1. The molecular formula is C13H21N3O3. The third-order valence-corrected chi connectivity index (χ3v) is 2.32. The third kappa shape index (κ3) is 5.67. The smallest absolute Gasteiger partial charge is 0.189 e. The van der Waals surface area contributed by atoms with Gasteiger partial charge in [-0.15, -0.1) is 0 Å². The average molecular weight is 267 g/mol. The van der Waals surface area contributed by atoms with Gasteiger partial charge in [-0.25, -0.2) is 0 Å². The van der Waals surface area contributed by atoms with Gasteiger partial charge in [0, 0.05) is 18.4 Å². The Kier molecular flexibility index (Phi) is 6.84. The molecule has 19 heavy (non-hydrogen) atoms. The van der Waals surface area contributed by atoms with Crippen LogP contribution in [0.5, 0.6) is 0 Å². The molecule has 0 saturated heterocycles. The molecule has 0 atom stereocenters. The van der Waals surface area contributed by atoms with Gasteiger partial charge >= 0.3 is 0 Å². The molecule has 0 radical (unpaired) electrons. The van der Waals surface area contributed by atoms with Crippen LogP contribution in [0.2, 0.25) is 0 Å². The van der Waals surface area contributed by atoms with E-state index >= 15 is 0 Å². The fourth-order valence-electron chi connectivity index (χ4n) is 1.45. The predicted octanol–water partition coefficient (Wildman–Crippen LogP) is 1.37. The molecule has 6 heteroatoms. The predicted molar refractivity (Wildman–Crippen MR) is 72.1 cm³/mol. The Morgan fingerprint density at radius 3 is 2.84 bits per heavy atom. The average Bonchev–Trinajstić information content (AvgIpc) is 2.42. The van der Waals surface area contributed by atoms with Crippen molar-refractivity contribution in [2.45, 2.75) is 20.5 Å². The van der Waals surface area contributed by atoms with Crippen molar-refractivity contribution in [1.29, 1.82) is 0 Å². The van der Waals surface area contributed by atoms with Gasteiger partial charge in [0.25, 0.3) is 0 Å². The maximum absolute atomic E-state index is 8.67. The number of aromatic nitrogens is 1. The summed E-state index contributed by atoms with van der Waals surface area (Å²) >= 11 is 0. The molecule has 1 rings (SSSR count). The lowest BCUT2D eigenvalue weighted by Crippen LogP contribution is -2.18. The molecule has 1 aromatic rings. The molecule has 6 nitrogen and oxygen atoms in total. The normalized spacial score (nSPS) is 12.1. The minimum atomic E-state index is -0.0183. The first-order valence-corrected chi connectivity index (χ1v) is 6.22. The van der Waals surface area contributed by atoms with Gasteiger partial charge < -0.3 is 20.4 Å². The van der Waals surface area contributed by atoms with E-state index in [0.29, 0.717) is 31.4 Å². The Morgan fingerprint density at radius 2 is 2.16 bits per heavy atom. The van der Waals surface area contributed by atoms with Crippen LogP contribution in [0, 0.1) is 5.92 Å². The van der Waals surface area contributed by atoms with Gasteiger partial charge in [-0.1, -0.05) is 25.1 Å². The number of rotatable bonds is 8. The number of nitrogens with zero attached hydrogens (tertiary/aromatic N) is 2. The minimum absolute atomic E-state index is 0.0183. The minimum Gasteiger partial charge on any atom is -0.409 e. The number of hydrogen-bond acceptors (Lipinski definition) is 5. The van der Waals surface area contributed by atoms with Crippen LogP contribution >= 0.6 is 0 Å². The lowest BCUT2D eigenvalue weighted by Gasteiger charge is -2.09. The number of hydrogen-bond donors (Lipinski definition) is 2. The number of nitrogens with two attached hydrogens (primary N) is 1. The van der Waals surface area contributed by atoms with Gasteiger partial charge in [-0.2, -0.15) is 0 Å². The highest BCUT2D eigenvalue weighted by Gasteiger charge is 2.07. The Balaban J connectivity index is 2.37. The van der Waals surface area contributed by atoms with Crippen LogP contribution in [0.1, 0.15) is 25.1 Å². The van der Waals surface area contributed by atoms with Crippen molar-refractivity contribution < 1.29 is 14.7 Å². The van der Waals surface area contributed by atoms with E-state index in [1.54, 1.807) is 12.3 Å². The molecule has 3 N–H and O–H groups in total. The maximum atomic E-state index is 8.67. The fraction of sp³-hybridized carbons (Fsp3) is 0.538. The van der Waals surface area contributed by atoms with Crippen LogP contribution in [0.15, 0.2) is 23.5 Å². The first kappa shape index (κ1) is 15.4. The number of amidine groups is 1. The monoisotopic (exact) mass is 267 g/mol. The van der Waals surface area contributed by atoms with Crippen LogP contribution in [0.4, 0.5) is 0 Å². The van der Waals surface area contributed by atoms with Crippen molar-refractivity contribution in [2.75, 3.05) is 19.8 Å². The van der Waals surface area contributed by atoms with E-state index in [2.05, 4.69) is 24.0 Å². The molecule has 106 valence electrons. The number of pyridine rings is 1. The van der Waals surface area contributed by atoms with Crippen molar-refractivity contribution >= 4 is 5.84 Å². The molecule has 0 unspecified atom stereocenters. The maximum Gasteiger partial charge on any atom is 0.189 e. The van der Waals surface area contributed by atoms with Gasteiger partial charge in [0.2, 0.25) is 0 Å². The molecule has 0 aliphatic heterocycles. The molecule has 0 saturated carbocycles. The van der Waals surface area contributed by atoms with E-state index in [4.69, 9.17) is 20.4 Å². The number of ether oxygens (including phenoxy) is 2. The Labute approximate surface area is 113 Å². The second-order valence-electron chi connectivity index (χ2n) is 4.52. The molecule has 1 heterocycles.